The van der Waals surface area contributed by atoms with Crippen LogP contribution in [0, 0.1) is 11.3 Å². The van der Waals surface area contributed by atoms with Crippen molar-refractivity contribution in [2.45, 2.75) is 85.0 Å². The van der Waals surface area contributed by atoms with Crippen molar-refractivity contribution in [1.82, 2.24) is 0 Å². The summed E-state index contributed by atoms with van der Waals surface area (Å²) in [5.74, 6) is 1.87. The third-order valence-electron chi connectivity index (χ3n) is 7.02. The fourth-order valence-electron chi connectivity index (χ4n) is 5.65. The van der Waals surface area contributed by atoms with Gasteiger partial charge in [0.1, 0.15) is 0 Å². The molecule has 0 saturated heterocycles. The lowest BCUT2D eigenvalue weighted by atomic mass is 9.58. The van der Waals surface area contributed by atoms with Crippen molar-refractivity contribution in [2.24, 2.45) is 11.3 Å². The zero-order valence-electron chi connectivity index (χ0n) is 18.1. The molecule has 0 N–H and O–H groups in total. The third kappa shape index (κ3) is 4.15. The molecule has 0 fully saturated rings. The first kappa shape index (κ1) is 20.2. The number of hydrogen-bond acceptors (Lipinski definition) is 0. The molecule has 0 radical (unpaired) electrons. The summed E-state index contributed by atoms with van der Waals surface area (Å²) < 4.78 is 0. The van der Waals surface area contributed by atoms with Gasteiger partial charge in [-0.2, -0.15) is 0 Å². The highest BCUT2D eigenvalue weighted by Crippen LogP contribution is 2.52. The van der Waals surface area contributed by atoms with Gasteiger partial charge < -0.3 is 0 Å². The van der Waals surface area contributed by atoms with Gasteiger partial charge in [0, 0.05) is 5.92 Å². The predicted molar refractivity (Wildman–Crippen MR) is 119 cm³/mol. The molecule has 0 amide bonds. The van der Waals surface area contributed by atoms with Crippen molar-refractivity contribution in [3.63, 3.8) is 0 Å². The summed E-state index contributed by atoms with van der Waals surface area (Å²) in [7, 11) is 0. The Balaban J connectivity index is 2.07. The molecule has 0 saturated carbocycles. The van der Waals surface area contributed by atoms with Crippen LogP contribution in [0.15, 0.2) is 48.5 Å². The highest BCUT2D eigenvalue weighted by atomic mass is 14.5. The summed E-state index contributed by atoms with van der Waals surface area (Å²) in [6, 6.07) is 18.8. The largest absolute Gasteiger partial charge is 0.0654 e. The minimum Gasteiger partial charge on any atom is -0.0654 e. The second-order valence-electron chi connectivity index (χ2n) is 9.30. The maximum absolute atomic E-state index is 2.58. The van der Waals surface area contributed by atoms with Crippen LogP contribution in [0.25, 0.3) is 0 Å². The molecule has 0 spiro atoms. The smallest absolute Gasteiger partial charge is 0.0126 e. The van der Waals surface area contributed by atoms with Gasteiger partial charge >= 0.3 is 0 Å². The van der Waals surface area contributed by atoms with Gasteiger partial charge in [0.05, 0.1) is 0 Å². The van der Waals surface area contributed by atoms with E-state index in [1.165, 1.54) is 49.7 Å². The molecule has 2 unspecified atom stereocenters. The third-order valence-corrected chi connectivity index (χ3v) is 7.02. The van der Waals surface area contributed by atoms with Gasteiger partial charge in [-0.3, -0.25) is 0 Å². The molecule has 0 aliphatic heterocycles. The maximum atomic E-state index is 2.58. The van der Waals surface area contributed by atoms with Gasteiger partial charge in [0.2, 0.25) is 0 Å². The van der Waals surface area contributed by atoms with E-state index in [1.807, 2.05) is 0 Å². The second-order valence-corrected chi connectivity index (χ2v) is 9.30. The van der Waals surface area contributed by atoms with E-state index in [0.717, 1.165) is 5.92 Å². The zero-order valence-corrected chi connectivity index (χ0v) is 18.1. The van der Waals surface area contributed by atoms with Gasteiger partial charge in [-0.05, 0) is 65.2 Å². The van der Waals surface area contributed by atoms with Crippen LogP contribution < -0.4 is 0 Å². The molecule has 3 rings (SSSR count). The van der Waals surface area contributed by atoms with Crippen molar-refractivity contribution in [3.8, 4) is 0 Å². The van der Waals surface area contributed by atoms with E-state index in [4.69, 9.17) is 0 Å². The molecule has 0 nitrogen and oxygen atoms in total. The molecular weight excluding hydrogens is 324 g/mol. The molecule has 1 aliphatic carbocycles. The summed E-state index contributed by atoms with van der Waals surface area (Å²) in [6.07, 6.45) is 7.82. The Hall–Kier alpha value is -1.56. The van der Waals surface area contributed by atoms with Gasteiger partial charge in [0.15, 0.2) is 0 Å². The lowest BCUT2D eigenvalue weighted by Gasteiger charge is -2.46. The van der Waals surface area contributed by atoms with Gasteiger partial charge in [0.25, 0.3) is 0 Å². The summed E-state index contributed by atoms with van der Waals surface area (Å²) in [4.78, 5) is 0. The first-order valence-corrected chi connectivity index (χ1v) is 11.2. The van der Waals surface area contributed by atoms with E-state index in [0.29, 0.717) is 17.3 Å². The van der Waals surface area contributed by atoms with E-state index in [-0.39, 0.29) is 0 Å². The average molecular weight is 363 g/mol. The van der Waals surface area contributed by atoms with Crippen molar-refractivity contribution >= 4 is 0 Å². The van der Waals surface area contributed by atoms with Gasteiger partial charge in [-0.1, -0.05) is 96.0 Å². The quantitative estimate of drug-likeness (QED) is 0.466. The lowest BCUT2D eigenvalue weighted by Crippen LogP contribution is -2.36. The second kappa shape index (κ2) is 8.63. The van der Waals surface area contributed by atoms with Crippen LogP contribution in [0.3, 0.4) is 0 Å². The van der Waals surface area contributed by atoms with Crippen LogP contribution in [0.2, 0.25) is 0 Å². The SMILES string of the molecule is CCCC(C)(CCC)C1CCc2ccccc2C1c1ccc(C(C)C)cc1. The highest BCUT2D eigenvalue weighted by Gasteiger charge is 2.41. The minimum absolute atomic E-state index is 0.429. The van der Waals surface area contributed by atoms with E-state index in [9.17, 15) is 0 Å². The Labute approximate surface area is 167 Å². The molecule has 0 bridgehead atoms. The van der Waals surface area contributed by atoms with Crippen LogP contribution in [0.5, 0.6) is 0 Å². The molecule has 2 aromatic rings. The van der Waals surface area contributed by atoms with Crippen molar-refractivity contribution in [3.05, 3.63) is 70.8 Å². The molecule has 146 valence electrons. The fraction of sp³-hybridized carbons (Fsp3) is 0.556. The molecule has 0 aromatic heterocycles. The number of rotatable bonds is 7. The van der Waals surface area contributed by atoms with E-state index >= 15 is 0 Å². The number of benzene rings is 2. The van der Waals surface area contributed by atoms with Crippen LogP contribution in [0.1, 0.15) is 101 Å². The van der Waals surface area contributed by atoms with Crippen LogP contribution in [-0.2, 0) is 6.42 Å². The number of aryl methyl sites for hydroxylation is 1. The van der Waals surface area contributed by atoms with Crippen molar-refractivity contribution < 1.29 is 0 Å². The van der Waals surface area contributed by atoms with Crippen molar-refractivity contribution in [1.29, 1.82) is 0 Å². The molecule has 1 aliphatic rings. The number of fused-ring (bicyclic) bond motifs is 1. The fourth-order valence-corrected chi connectivity index (χ4v) is 5.65. The average Bonchev–Trinajstić information content (AvgIpc) is 2.67. The molecule has 2 atom stereocenters. The summed E-state index contributed by atoms with van der Waals surface area (Å²) >= 11 is 0. The summed E-state index contributed by atoms with van der Waals surface area (Å²) in [5.41, 5.74) is 6.56. The topological polar surface area (TPSA) is 0 Å². The zero-order chi connectivity index (χ0) is 19.4. The maximum Gasteiger partial charge on any atom is 0.0126 e. The first-order chi connectivity index (χ1) is 13.0. The summed E-state index contributed by atoms with van der Waals surface area (Å²) in [5, 5.41) is 0. The highest BCUT2D eigenvalue weighted by molar-refractivity contribution is 5.42. The number of hydrogen-bond donors (Lipinski definition) is 0. The van der Waals surface area contributed by atoms with Gasteiger partial charge in [-0.25, -0.2) is 0 Å². The Kier molecular flexibility index (Phi) is 6.45. The predicted octanol–water partition coefficient (Wildman–Crippen LogP) is 8.11. The molecule has 27 heavy (non-hydrogen) atoms. The van der Waals surface area contributed by atoms with Gasteiger partial charge in [-0.15, -0.1) is 0 Å². The molecule has 0 heterocycles. The van der Waals surface area contributed by atoms with E-state index in [1.54, 1.807) is 11.1 Å². The molecular formula is C27H38. The lowest BCUT2D eigenvalue weighted by molar-refractivity contribution is 0.118. The Morgan fingerprint density at radius 3 is 2.15 bits per heavy atom. The van der Waals surface area contributed by atoms with Crippen LogP contribution in [0.4, 0.5) is 0 Å². The standard InChI is InChI=1S/C27H38/c1-6-18-27(5,19-7-2)25-17-16-22-10-8-9-11-24(22)26(25)23-14-12-21(13-15-23)20(3)4/h8-15,20,25-26H,6-7,16-19H2,1-5H3. The van der Waals surface area contributed by atoms with Crippen LogP contribution >= 0.6 is 0 Å². The normalized spacial score (nSPS) is 19.9. The Morgan fingerprint density at radius 2 is 1.56 bits per heavy atom. The van der Waals surface area contributed by atoms with E-state index < -0.39 is 0 Å². The van der Waals surface area contributed by atoms with Crippen LogP contribution in [-0.4, -0.2) is 0 Å². The first-order valence-electron chi connectivity index (χ1n) is 11.2. The minimum atomic E-state index is 0.429. The van der Waals surface area contributed by atoms with Crippen molar-refractivity contribution in [2.75, 3.05) is 0 Å². The molecule has 2 aromatic carbocycles. The Bertz CT molecular complexity index is 716. The monoisotopic (exact) mass is 362 g/mol. The Morgan fingerprint density at radius 1 is 0.926 bits per heavy atom. The molecule has 0 heteroatoms. The summed E-state index contributed by atoms with van der Waals surface area (Å²) in [6.45, 7) is 11.9. The van der Waals surface area contributed by atoms with E-state index in [2.05, 4.69) is 83.1 Å².